The van der Waals surface area contributed by atoms with Crippen molar-refractivity contribution in [3.63, 3.8) is 0 Å². The Kier molecular flexibility index (Phi) is 49.1. The lowest BCUT2D eigenvalue weighted by atomic mass is 10.1. The fraction of sp³-hybridized carbons (Fsp3) is 0.610. The molecular formula is C59H94O6. The second-order valence-corrected chi connectivity index (χ2v) is 16.7. The molecule has 0 aliphatic rings. The summed E-state index contributed by atoms with van der Waals surface area (Å²) in [4.78, 5) is 38.0. The molecule has 0 amide bonds. The SMILES string of the molecule is CC/C=C\C/C=C\C/C=C\C/C=C\CCCCCCC(=O)OCC(COC(=O)CCCCCCC/C=C\C/C=C\CCCCC)OC(=O)CCCC/C=C\C/C=C\C/C=C\C/C=C\CC. The highest BCUT2D eigenvalue weighted by Gasteiger charge is 2.19. The molecule has 1 unspecified atom stereocenters. The minimum absolute atomic E-state index is 0.114. The molecule has 65 heavy (non-hydrogen) atoms. The van der Waals surface area contributed by atoms with Crippen LogP contribution in [0.3, 0.4) is 0 Å². The number of hydrogen-bond donors (Lipinski definition) is 0. The molecule has 6 heteroatoms. The van der Waals surface area contributed by atoms with Gasteiger partial charge in [0, 0.05) is 19.3 Å². The van der Waals surface area contributed by atoms with Gasteiger partial charge in [-0.15, -0.1) is 0 Å². The van der Waals surface area contributed by atoms with E-state index in [-0.39, 0.29) is 37.5 Å². The number of rotatable bonds is 45. The summed E-state index contributed by atoms with van der Waals surface area (Å²) >= 11 is 0. The van der Waals surface area contributed by atoms with Crippen LogP contribution in [0.2, 0.25) is 0 Å². The van der Waals surface area contributed by atoms with Crippen LogP contribution in [0.1, 0.15) is 213 Å². The monoisotopic (exact) mass is 899 g/mol. The van der Waals surface area contributed by atoms with Crippen molar-refractivity contribution in [1.29, 1.82) is 0 Å². The molecule has 1 atom stereocenters. The minimum Gasteiger partial charge on any atom is -0.462 e. The summed E-state index contributed by atoms with van der Waals surface area (Å²) in [5.41, 5.74) is 0. The summed E-state index contributed by atoms with van der Waals surface area (Å²) in [6, 6.07) is 0. The Morgan fingerprint density at radius 2 is 0.600 bits per heavy atom. The van der Waals surface area contributed by atoms with Crippen LogP contribution in [0.25, 0.3) is 0 Å². The van der Waals surface area contributed by atoms with Gasteiger partial charge in [-0.2, -0.15) is 0 Å². The zero-order valence-corrected chi connectivity index (χ0v) is 41.7. The highest BCUT2D eigenvalue weighted by atomic mass is 16.6. The molecule has 0 spiro atoms. The molecule has 6 nitrogen and oxygen atoms in total. The number of unbranched alkanes of at least 4 members (excludes halogenated alkanes) is 14. The third-order valence-corrected chi connectivity index (χ3v) is 10.4. The molecule has 0 saturated heterocycles. The van der Waals surface area contributed by atoms with Crippen LogP contribution in [0.5, 0.6) is 0 Å². The van der Waals surface area contributed by atoms with E-state index in [1.807, 2.05) is 0 Å². The Morgan fingerprint density at radius 3 is 0.969 bits per heavy atom. The van der Waals surface area contributed by atoms with Crippen molar-refractivity contribution in [2.45, 2.75) is 219 Å². The second kappa shape index (κ2) is 52.4. The molecule has 0 aliphatic heterocycles. The lowest BCUT2D eigenvalue weighted by Crippen LogP contribution is -2.30. The summed E-state index contributed by atoms with van der Waals surface area (Å²) in [5.74, 6) is -1.00. The standard InChI is InChI=1S/C59H94O6/c1-4-7-10-13-16-19-22-25-28-29-32-34-37-40-43-46-49-52-58(61)64-55-56(65-59(62)53-50-47-44-41-38-35-31-27-24-21-18-15-12-9-6-3)54-63-57(60)51-48-45-42-39-36-33-30-26-23-20-17-14-11-8-5-2/h7,9-10,12,16-21,25-28,30-32,34,38,41,56H,4-6,8,11,13-15,22-24,29,33,35-37,39-40,42-55H2,1-3H3/b10-7-,12-9-,19-16-,20-17-,21-18-,28-25-,30-26-,31-27-,34-32-,41-38-. The third kappa shape index (κ3) is 50.7. The van der Waals surface area contributed by atoms with E-state index in [1.54, 1.807) is 0 Å². The Morgan fingerprint density at radius 1 is 0.323 bits per heavy atom. The Labute approximate surface area is 399 Å². The van der Waals surface area contributed by atoms with E-state index < -0.39 is 6.10 Å². The van der Waals surface area contributed by atoms with Gasteiger partial charge < -0.3 is 14.2 Å². The van der Waals surface area contributed by atoms with E-state index in [4.69, 9.17) is 14.2 Å². The number of esters is 3. The van der Waals surface area contributed by atoms with E-state index >= 15 is 0 Å². The van der Waals surface area contributed by atoms with Gasteiger partial charge in [0.25, 0.3) is 0 Å². The zero-order chi connectivity index (χ0) is 47.2. The largest absolute Gasteiger partial charge is 0.462 e. The summed E-state index contributed by atoms with van der Waals surface area (Å²) in [5, 5.41) is 0. The van der Waals surface area contributed by atoms with Crippen LogP contribution < -0.4 is 0 Å². The van der Waals surface area contributed by atoms with Crippen molar-refractivity contribution >= 4 is 17.9 Å². The highest BCUT2D eigenvalue weighted by molar-refractivity contribution is 5.71. The number of allylic oxidation sites excluding steroid dienone is 20. The van der Waals surface area contributed by atoms with Crippen LogP contribution in [0, 0.1) is 0 Å². The molecule has 0 aliphatic carbocycles. The van der Waals surface area contributed by atoms with Gasteiger partial charge in [-0.1, -0.05) is 187 Å². The first-order valence-electron chi connectivity index (χ1n) is 26.0. The van der Waals surface area contributed by atoms with E-state index in [2.05, 4.69) is 142 Å². The Balaban J connectivity index is 4.54. The maximum Gasteiger partial charge on any atom is 0.306 e. The first-order chi connectivity index (χ1) is 32.0. The number of ether oxygens (including phenoxy) is 3. The normalized spacial score (nSPS) is 13.1. The fourth-order valence-electron chi connectivity index (χ4n) is 6.57. The lowest BCUT2D eigenvalue weighted by molar-refractivity contribution is -0.167. The van der Waals surface area contributed by atoms with E-state index in [1.165, 1.54) is 25.7 Å². The molecule has 0 aromatic heterocycles. The van der Waals surface area contributed by atoms with Gasteiger partial charge in [0.1, 0.15) is 13.2 Å². The molecule has 0 aromatic carbocycles. The second-order valence-electron chi connectivity index (χ2n) is 16.7. The smallest absolute Gasteiger partial charge is 0.306 e. The molecule has 0 rings (SSSR count). The van der Waals surface area contributed by atoms with Crippen molar-refractivity contribution in [3.05, 3.63) is 122 Å². The molecule has 0 heterocycles. The van der Waals surface area contributed by atoms with Gasteiger partial charge in [-0.05, 0) is 128 Å². The van der Waals surface area contributed by atoms with Gasteiger partial charge in [0.2, 0.25) is 0 Å². The van der Waals surface area contributed by atoms with Crippen molar-refractivity contribution in [3.8, 4) is 0 Å². The molecule has 0 aromatic rings. The van der Waals surface area contributed by atoms with Crippen molar-refractivity contribution in [2.24, 2.45) is 0 Å². The average molecular weight is 899 g/mol. The third-order valence-electron chi connectivity index (χ3n) is 10.4. The van der Waals surface area contributed by atoms with E-state index in [9.17, 15) is 14.4 Å². The molecule has 0 bridgehead atoms. The van der Waals surface area contributed by atoms with Gasteiger partial charge in [0.15, 0.2) is 6.10 Å². The maximum absolute atomic E-state index is 12.8. The molecule has 0 saturated carbocycles. The van der Waals surface area contributed by atoms with Crippen molar-refractivity contribution in [1.82, 2.24) is 0 Å². The first-order valence-corrected chi connectivity index (χ1v) is 26.0. The molecule has 0 N–H and O–H groups in total. The van der Waals surface area contributed by atoms with E-state index in [0.717, 1.165) is 141 Å². The van der Waals surface area contributed by atoms with Crippen LogP contribution in [0.4, 0.5) is 0 Å². The Hall–Kier alpha value is -4.19. The first kappa shape index (κ1) is 60.8. The highest BCUT2D eigenvalue weighted by Crippen LogP contribution is 2.12. The molecule has 0 radical (unpaired) electrons. The zero-order valence-electron chi connectivity index (χ0n) is 41.7. The Bertz CT molecular complexity index is 1400. The summed E-state index contributed by atoms with van der Waals surface area (Å²) in [6.45, 7) is 6.30. The van der Waals surface area contributed by atoms with Crippen LogP contribution in [0.15, 0.2) is 122 Å². The summed E-state index contributed by atoms with van der Waals surface area (Å²) < 4.78 is 16.7. The molecule has 366 valence electrons. The fourth-order valence-corrected chi connectivity index (χ4v) is 6.57. The number of hydrogen-bond acceptors (Lipinski definition) is 6. The van der Waals surface area contributed by atoms with Crippen LogP contribution in [-0.2, 0) is 28.6 Å². The van der Waals surface area contributed by atoms with Gasteiger partial charge in [-0.3, -0.25) is 14.4 Å². The van der Waals surface area contributed by atoms with Crippen LogP contribution >= 0.6 is 0 Å². The van der Waals surface area contributed by atoms with E-state index in [0.29, 0.717) is 19.3 Å². The quantitative estimate of drug-likeness (QED) is 0.0262. The van der Waals surface area contributed by atoms with Crippen molar-refractivity contribution < 1.29 is 28.6 Å². The predicted molar refractivity (Wildman–Crippen MR) is 279 cm³/mol. The van der Waals surface area contributed by atoms with Crippen molar-refractivity contribution in [2.75, 3.05) is 13.2 Å². The summed E-state index contributed by atoms with van der Waals surface area (Å²) in [7, 11) is 0. The lowest BCUT2D eigenvalue weighted by Gasteiger charge is -2.18. The topological polar surface area (TPSA) is 78.9 Å². The van der Waals surface area contributed by atoms with Gasteiger partial charge in [-0.25, -0.2) is 0 Å². The number of carbonyl (C=O) groups excluding carboxylic acids is 3. The predicted octanol–water partition coefficient (Wildman–Crippen LogP) is 17.3. The molecule has 0 fully saturated rings. The number of carbonyl (C=O) groups is 3. The van der Waals surface area contributed by atoms with Gasteiger partial charge >= 0.3 is 17.9 Å². The van der Waals surface area contributed by atoms with Crippen LogP contribution in [-0.4, -0.2) is 37.2 Å². The minimum atomic E-state index is -0.819. The van der Waals surface area contributed by atoms with Gasteiger partial charge in [0.05, 0.1) is 0 Å². The summed E-state index contributed by atoms with van der Waals surface area (Å²) in [6.07, 6.45) is 71.8. The maximum atomic E-state index is 12.8. The molecular weight excluding hydrogens is 805 g/mol. The average Bonchev–Trinajstić information content (AvgIpc) is 3.30.